The van der Waals surface area contributed by atoms with Gasteiger partial charge >= 0.3 is 0 Å². The van der Waals surface area contributed by atoms with E-state index in [-0.39, 0.29) is 5.82 Å². The van der Waals surface area contributed by atoms with Crippen molar-refractivity contribution in [2.75, 3.05) is 35.2 Å². The van der Waals surface area contributed by atoms with E-state index in [0.29, 0.717) is 18.3 Å². The van der Waals surface area contributed by atoms with Crippen LogP contribution in [0.2, 0.25) is 0 Å². The second-order valence-corrected chi connectivity index (χ2v) is 6.76. The van der Waals surface area contributed by atoms with Crippen LogP contribution >= 0.6 is 0 Å². The molecule has 0 radical (unpaired) electrons. The van der Waals surface area contributed by atoms with Gasteiger partial charge in [0.1, 0.15) is 5.82 Å². The van der Waals surface area contributed by atoms with Crippen LogP contribution in [0.1, 0.15) is 25.0 Å². The molecule has 0 unspecified atom stereocenters. The molecule has 0 amide bonds. The maximum atomic E-state index is 13.0. The van der Waals surface area contributed by atoms with Crippen molar-refractivity contribution in [3.05, 3.63) is 65.6 Å². The summed E-state index contributed by atoms with van der Waals surface area (Å²) in [5, 5.41) is 14.5. The number of aromatic nitrogens is 3. The first-order valence-electron chi connectivity index (χ1n) is 9.89. The monoisotopic (exact) mass is 394 g/mol. The molecule has 0 aliphatic rings. The highest BCUT2D eigenvalue weighted by atomic mass is 19.1. The number of rotatable bonds is 9. The molecule has 0 aliphatic carbocycles. The van der Waals surface area contributed by atoms with Crippen molar-refractivity contribution in [2.24, 2.45) is 0 Å². The lowest BCUT2D eigenvalue weighted by molar-refractivity contribution is 0.627. The summed E-state index contributed by atoms with van der Waals surface area (Å²) in [6, 6.07) is 12.8. The zero-order valence-electron chi connectivity index (χ0n) is 17.1. The van der Waals surface area contributed by atoms with Gasteiger partial charge in [0.2, 0.25) is 5.95 Å². The number of anilines is 4. The van der Waals surface area contributed by atoms with Crippen molar-refractivity contribution in [1.29, 1.82) is 0 Å². The van der Waals surface area contributed by atoms with Gasteiger partial charge in [-0.25, -0.2) is 4.39 Å². The molecule has 1 heterocycles. The highest BCUT2D eigenvalue weighted by Crippen LogP contribution is 2.25. The van der Waals surface area contributed by atoms with Crippen molar-refractivity contribution >= 4 is 23.1 Å². The molecular formula is C22H27FN6. The van der Waals surface area contributed by atoms with Gasteiger partial charge in [-0.15, -0.1) is 5.10 Å². The SMILES string of the molecule is CCN(CC)c1ccc(Nc2cnnc(NCCc3ccc(F)cc3)n2)c(C)c1. The fraction of sp³-hybridized carbons (Fsp3) is 0.318. The third-order valence-corrected chi connectivity index (χ3v) is 4.77. The molecule has 152 valence electrons. The number of nitrogens with one attached hydrogen (secondary N) is 2. The highest BCUT2D eigenvalue weighted by Gasteiger charge is 2.07. The Labute approximate surface area is 171 Å². The van der Waals surface area contributed by atoms with Crippen LogP contribution in [0.15, 0.2) is 48.7 Å². The van der Waals surface area contributed by atoms with Crippen LogP contribution in [0.5, 0.6) is 0 Å². The highest BCUT2D eigenvalue weighted by molar-refractivity contribution is 5.65. The Kier molecular flexibility index (Phi) is 6.94. The number of benzene rings is 2. The lowest BCUT2D eigenvalue weighted by Gasteiger charge is -2.22. The Balaban J connectivity index is 1.61. The molecule has 3 rings (SSSR count). The normalized spacial score (nSPS) is 10.6. The number of aryl methyl sites for hydroxylation is 1. The van der Waals surface area contributed by atoms with Crippen LogP contribution in [0.3, 0.4) is 0 Å². The summed E-state index contributed by atoms with van der Waals surface area (Å²) in [5.41, 5.74) is 4.38. The van der Waals surface area contributed by atoms with Crippen molar-refractivity contribution < 1.29 is 4.39 Å². The molecule has 0 bridgehead atoms. The van der Waals surface area contributed by atoms with Crippen LogP contribution in [0.25, 0.3) is 0 Å². The van der Waals surface area contributed by atoms with E-state index in [1.54, 1.807) is 18.3 Å². The molecule has 0 spiro atoms. The summed E-state index contributed by atoms with van der Waals surface area (Å²) in [6.45, 7) is 8.97. The molecule has 2 N–H and O–H groups in total. The first kappa shape index (κ1) is 20.5. The summed E-state index contributed by atoms with van der Waals surface area (Å²) in [4.78, 5) is 6.79. The Hall–Kier alpha value is -3.22. The van der Waals surface area contributed by atoms with Gasteiger partial charge in [0.15, 0.2) is 5.82 Å². The summed E-state index contributed by atoms with van der Waals surface area (Å²) < 4.78 is 13.0. The topological polar surface area (TPSA) is 66.0 Å². The second-order valence-electron chi connectivity index (χ2n) is 6.76. The summed E-state index contributed by atoms with van der Waals surface area (Å²) >= 11 is 0. The lowest BCUT2D eigenvalue weighted by Crippen LogP contribution is -2.21. The first-order valence-corrected chi connectivity index (χ1v) is 9.89. The van der Waals surface area contributed by atoms with Crippen LogP contribution in [0.4, 0.5) is 27.5 Å². The van der Waals surface area contributed by atoms with Crippen molar-refractivity contribution in [1.82, 2.24) is 15.2 Å². The van der Waals surface area contributed by atoms with E-state index in [2.05, 4.69) is 69.7 Å². The minimum absolute atomic E-state index is 0.228. The fourth-order valence-corrected chi connectivity index (χ4v) is 3.12. The minimum Gasteiger partial charge on any atom is -0.372 e. The van der Waals surface area contributed by atoms with Crippen LogP contribution < -0.4 is 15.5 Å². The average molecular weight is 394 g/mol. The van der Waals surface area contributed by atoms with Gasteiger partial charge in [0, 0.05) is 31.0 Å². The smallest absolute Gasteiger partial charge is 0.244 e. The van der Waals surface area contributed by atoms with Gasteiger partial charge in [-0.05, 0) is 68.7 Å². The fourth-order valence-electron chi connectivity index (χ4n) is 3.12. The van der Waals surface area contributed by atoms with Crippen LogP contribution in [-0.2, 0) is 6.42 Å². The second kappa shape index (κ2) is 9.82. The summed E-state index contributed by atoms with van der Waals surface area (Å²) in [6.07, 6.45) is 2.34. The van der Waals surface area contributed by atoms with E-state index in [1.165, 1.54) is 17.8 Å². The van der Waals surface area contributed by atoms with Crippen molar-refractivity contribution in [3.8, 4) is 0 Å². The molecule has 0 fully saturated rings. The average Bonchev–Trinajstić information content (AvgIpc) is 2.73. The Morgan fingerprint density at radius 3 is 2.48 bits per heavy atom. The third kappa shape index (κ3) is 5.63. The zero-order chi connectivity index (χ0) is 20.6. The third-order valence-electron chi connectivity index (χ3n) is 4.77. The summed E-state index contributed by atoms with van der Waals surface area (Å²) in [7, 11) is 0. The lowest BCUT2D eigenvalue weighted by atomic mass is 10.1. The minimum atomic E-state index is -0.228. The standard InChI is InChI=1S/C22H27FN6/c1-4-29(5-2)19-10-11-20(16(3)14-19)26-21-15-25-28-22(27-21)24-13-12-17-6-8-18(23)9-7-17/h6-11,14-15H,4-5,12-13H2,1-3H3,(H2,24,26,27,28). The number of nitrogens with zero attached hydrogens (tertiary/aromatic N) is 4. The van der Waals surface area contributed by atoms with Gasteiger partial charge in [-0.2, -0.15) is 10.1 Å². The van der Waals surface area contributed by atoms with Gasteiger partial charge in [-0.3, -0.25) is 0 Å². The molecule has 1 aromatic heterocycles. The largest absolute Gasteiger partial charge is 0.372 e. The predicted octanol–water partition coefficient (Wildman–Crippen LogP) is 4.56. The maximum Gasteiger partial charge on any atom is 0.244 e. The molecule has 0 aliphatic heterocycles. The summed E-state index contributed by atoms with van der Waals surface area (Å²) in [5.74, 6) is 0.853. The Morgan fingerprint density at radius 1 is 1.03 bits per heavy atom. The molecule has 0 saturated heterocycles. The number of hydrogen-bond acceptors (Lipinski definition) is 6. The zero-order valence-corrected chi connectivity index (χ0v) is 17.1. The van der Waals surface area contributed by atoms with Crippen LogP contribution in [-0.4, -0.2) is 34.8 Å². The van der Waals surface area contributed by atoms with E-state index < -0.39 is 0 Å². The Morgan fingerprint density at radius 2 is 1.79 bits per heavy atom. The van der Waals surface area contributed by atoms with E-state index in [4.69, 9.17) is 0 Å². The number of hydrogen-bond donors (Lipinski definition) is 2. The first-order chi connectivity index (χ1) is 14.1. The molecule has 6 nitrogen and oxygen atoms in total. The van der Waals surface area contributed by atoms with Crippen molar-refractivity contribution in [3.63, 3.8) is 0 Å². The molecule has 2 aromatic carbocycles. The molecular weight excluding hydrogens is 367 g/mol. The molecule has 0 atom stereocenters. The molecule has 3 aromatic rings. The molecule has 0 saturated carbocycles. The number of halogens is 1. The van der Waals surface area contributed by atoms with Crippen LogP contribution in [0, 0.1) is 12.7 Å². The van der Waals surface area contributed by atoms with Gasteiger partial charge in [-0.1, -0.05) is 12.1 Å². The van der Waals surface area contributed by atoms with Gasteiger partial charge < -0.3 is 15.5 Å². The van der Waals surface area contributed by atoms with E-state index >= 15 is 0 Å². The van der Waals surface area contributed by atoms with Crippen molar-refractivity contribution in [2.45, 2.75) is 27.2 Å². The van der Waals surface area contributed by atoms with E-state index in [1.807, 2.05) is 0 Å². The molecule has 7 heteroatoms. The Bertz CT molecular complexity index is 925. The van der Waals surface area contributed by atoms with Gasteiger partial charge in [0.05, 0.1) is 6.20 Å². The van der Waals surface area contributed by atoms with E-state index in [9.17, 15) is 4.39 Å². The quantitative estimate of drug-likeness (QED) is 0.554. The predicted molar refractivity (Wildman–Crippen MR) is 116 cm³/mol. The molecule has 29 heavy (non-hydrogen) atoms. The van der Waals surface area contributed by atoms with Gasteiger partial charge in [0.25, 0.3) is 0 Å². The van der Waals surface area contributed by atoms with E-state index in [0.717, 1.165) is 36.3 Å². The maximum absolute atomic E-state index is 13.0.